The van der Waals surface area contributed by atoms with Crippen LogP contribution in [0, 0.1) is 0 Å². The molecule has 2 aromatic carbocycles. The maximum absolute atomic E-state index is 4.81. The standard InChI is InChI=1S/C26H35N5/c1-4-19(20-10-6-5-7-11-20)18-27-21-14-16-22(17-15-21)28-26-29-24-13-9-8-12-23(24)25(30-26)31(2)3/h5-13,19,21-22,27H,4,14-18H2,1-3H3,(H,28,29,30). The van der Waals surface area contributed by atoms with E-state index in [1.165, 1.54) is 24.8 Å². The molecular formula is C26H35N5. The largest absolute Gasteiger partial charge is 0.362 e. The number of anilines is 2. The fourth-order valence-electron chi connectivity index (χ4n) is 4.62. The number of rotatable bonds is 8. The van der Waals surface area contributed by atoms with Gasteiger partial charge >= 0.3 is 0 Å². The second-order valence-corrected chi connectivity index (χ2v) is 8.90. The summed E-state index contributed by atoms with van der Waals surface area (Å²) >= 11 is 0. The molecule has 0 aliphatic heterocycles. The number of hydrogen-bond donors (Lipinski definition) is 2. The lowest BCUT2D eigenvalue weighted by atomic mass is 9.90. The van der Waals surface area contributed by atoms with E-state index in [9.17, 15) is 0 Å². The van der Waals surface area contributed by atoms with E-state index in [2.05, 4.69) is 64.9 Å². The van der Waals surface area contributed by atoms with Gasteiger partial charge in [-0.05, 0) is 55.7 Å². The zero-order chi connectivity index (χ0) is 21.6. The Morgan fingerprint density at radius 3 is 2.29 bits per heavy atom. The predicted molar refractivity (Wildman–Crippen MR) is 131 cm³/mol. The molecule has 0 radical (unpaired) electrons. The highest BCUT2D eigenvalue weighted by molar-refractivity contribution is 5.90. The van der Waals surface area contributed by atoms with Crippen LogP contribution in [0.3, 0.4) is 0 Å². The van der Waals surface area contributed by atoms with E-state index in [1.54, 1.807) is 0 Å². The third-order valence-electron chi connectivity index (χ3n) is 6.48. The van der Waals surface area contributed by atoms with E-state index < -0.39 is 0 Å². The van der Waals surface area contributed by atoms with Crippen LogP contribution < -0.4 is 15.5 Å². The lowest BCUT2D eigenvalue weighted by molar-refractivity contribution is 0.345. The van der Waals surface area contributed by atoms with Crippen molar-refractivity contribution >= 4 is 22.7 Å². The first-order valence-corrected chi connectivity index (χ1v) is 11.6. The van der Waals surface area contributed by atoms with Gasteiger partial charge in [0, 0.05) is 38.1 Å². The quantitative estimate of drug-likeness (QED) is 0.527. The summed E-state index contributed by atoms with van der Waals surface area (Å²) in [6.07, 6.45) is 5.84. The first kappa shape index (κ1) is 21.6. The molecule has 5 nitrogen and oxygen atoms in total. The summed E-state index contributed by atoms with van der Waals surface area (Å²) in [6.45, 7) is 3.34. The van der Waals surface area contributed by atoms with Crippen molar-refractivity contribution in [2.75, 3.05) is 30.9 Å². The number of para-hydroxylation sites is 1. The molecule has 4 rings (SSSR count). The second-order valence-electron chi connectivity index (χ2n) is 8.90. The fourth-order valence-corrected chi connectivity index (χ4v) is 4.62. The van der Waals surface area contributed by atoms with Crippen molar-refractivity contribution in [3.8, 4) is 0 Å². The summed E-state index contributed by atoms with van der Waals surface area (Å²) in [4.78, 5) is 11.6. The Morgan fingerprint density at radius 2 is 1.58 bits per heavy atom. The van der Waals surface area contributed by atoms with Crippen LogP contribution >= 0.6 is 0 Å². The lowest BCUT2D eigenvalue weighted by Crippen LogP contribution is -2.39. The van der Waals surface area contributed by atoms with Crippen LogP contribution in [0.25, 0.3) is 10.9 Å². The summed E-state index contributed by atoms with van der Waals surface area (Å²) in [5, 5.41) is 8.54. The molecule has 1 aliphatic carbocycles. The minimum atomic E-state index is 0.435. The number of benzene rings is 2. The van der Waals surface area contributed by atoms with Crippen LogP contribution in [0.15, 0.2) is 54.6 Å². The zero-order valence-corrected chi connectivity index (χ0v) is 19.0. The summed E-state index contributed by atoms with van der Waals surface area (Å²) in [5.74, 6) is 2.30. The van der Waals surface area contributed by atoms with Gasteiger partial charge in [-0.3, -0.25) is 0 Å². The molecule has 164 valence electrons. The van der Waals surface area contributed by atoms with Gasteiger partial charge in [0.15, 0.2) is 0 Å². The van der Waals surface area contributed by atoms with Crippen molar-refractivity contribution in [3.63, 3.8) is 0 Å². The third kappa shape index (κ3) is 5.34. The van der Waals surface area contributed by atoms with Crippen molar-refractivity contribution in [1.29, 1.82) is 0 Å². The van der Waals surface area contributed by atoms with Gasteiger partial charge in [0.1, 0.15) is 5.82 Å². The first-order valence-electron chi connectivity index (χ1n) is 11.6. The SMILES string of the molecule is CCC(CNC1CCC(Nc2nc(N(C)C)c3ccccc3n2)CC1)c1ccccc1. The van der Waals surface area contributed by atoms with Gasteiger partial charge in [-0.2, -0.15) is 4.98 Å². The van der Waals surface area contributed by atoms with Crippen LogP contribution in [0.5, 0.6) is 0 Å². The Hall–Kier alpha value is -2.66. The highest BCUT2D eigenvalue weighted by Crippen LogP contribution is 2.27. The van der Waals surface area contributed by atoms with E-state index in [0.29, 0.717) is 18.0 Å². The molecule has 31 heavy (non-hydrogen) atoms. The Kier molecular flexibility index (Phi) is 7.03. The van der Waals surface area contributed by atoms with E-state index >= 15 is 0 Å². The summed E-state index contributed by atoms with van der Waals surface area (Å²) in [7, 11) is 4.07. The van der Waals surface area contributed by atoms with Crippen LogP contribution in [0.4, 0.5) is 11.8 Å². The van der Waals surface area contributed by atoms with Gasteiger partial charge in [-0.15, -0.1) is 0 Å². The van der Waals surface area contributed by atoms with E-state index in [4.69, 9.17) is 9.97 Å². The van der Waals surface area contributed by atoms with Gasteiger partial charge in [0.2, 0.25) is 5.95 Å². The monoisotopic (exact) mass is 417 g/mol. The minimum Gasteiger partial charge on any atom is -0.362 e. The smallest absolute Gasteiger partial charge is 0.225 e. The van der Waals surface area contributed by atoms with Crippen molar-refractivity contribution in [2.24, 2.45) is 0 Å². The van der Waals surface area contributed by atoms with Crippen LogP contribution in [-0.2, 0) is 0 Å². The molecule has 1 aromatic heterocycles. The van der Waals surface area contributed by atoms with E-state index in [1.807, 2.05) is 26.2 Å². The summed E-state index contributed by atoms with van der Waals surface area (Å²) in [6, 6.07) is 20.2. The molecular weight excluding hydrogens is 382 g/mol. The molecule has 0 saturated heterocycles. The van der Waals surface area contributed by atoms with Crippen molar-refractivity contribution in [3.05, 3.63) is 60.2 Å². The van der Waals surface area contributed by atoms with Crippen molar-refractivity contribution in [1.82, 2.24) is 15.3 Å². The Balaban J connectivity index is 1.32. The molecule has 2 N–H and O–H groups in total. The minimum absolute atomic E-state index is 0.435. The molecule has 1 unspecified atom stereocenters. The van der Waals surface area contributed by atoms with Gasteiger partial charge in [0.05, 0.1) is 5.52 Å². The molecule has 0 amide bonds. The predicted octanol–water partition coefficient (Wildman–Crippen LogP) is 5.20. The number of aromatic nitrogens is 2. The molecule has 1 fully saturated rings. The topological polar surface area (TPSA) is 53.1 Å². The normalized spacial score (nSPS) is 19.8. The van der Waals surface area contributed by atoms with Gasteiger partial charge < -0.3 is 15.5 Å². The first-order chi connectivity index (χ1) is 15.1. The lowest BCUT2D eigenvalue weighted by Gasteiger charge is -2.31. The molecule has 0 spiro atoms. The molecule has 1 saturated carbocycles. The second kappa shape index (κ2) is 10.1. The van der Waals surface area contributed by atoms with Gasteiger partial charge in [0.25, 0.3) is 0 Å². The molecule has 3 aromatic rings. The highest BCUT2D eigenvalue weighted by atomic mass is 15.2. The zero-order valence-electron chi connectivity index (χ0n) is 19.0. The Labute approximate surface area is 186 Å². The number of fused-ring (bicyclic) bond motifs is 1. The average Bonchev–Trinajstić information content (AvgIpc) is 2.80. The average molecular weight is 418 g/mol. The van der Waals surface area contributed by atoms with Crippen LogP contribution in [0.2, 0.25) is 0 Å². The molecule has 1 atom stereocenters. The number of nitrogens with one attached hydrogen (secondary N) is 2. The van der Waals surface area contributed by atoms with E-state index in [-0.39, 0.29) is 0 Å². The summed E-state index contributed by atoms with van der Waals surface area (Å²) < 4.78 is 0. The maximum atomic E-state index is 4.81. The van der Waals surface area contributed by atoms with Crippen molar-refractivity contribution in [2.45, 2.75) is 57.0 Å². The number of nitrogens with zero attached hydrogens (tertiary/aromatic N) is 3. The molecule has 0 bridgehead atoms. The molecule has 5 heteroatoms. The third-order valence-corrected chi connectivity index (χ3v) is 6.48. The van der Waals surface area contributed by atoms with Crippen LogP contribution in [0.1, 0.15) is 50.5 Å². The Bertz CT molecular complexity index is 964. The maximum Gasteiger partial charge on any atom is 0.225 e. The van der Waals surface area contributed by atoms with Gasteiger partial charge in [-0.25, -0.2) is 4.98 Å². The van der Waals surface area contributed by atoms with Gasteiger partial charge in [-0.1, -0.05) is 49.4 Å². The van der Waals surface area contributed by atoms with Crippen LogP contribution in [-0.4, -0.2) is 42.7 Å². The Morgan fingerprint density at radius 1 is 0.903 bits per heavy atom. The summed E-state index contributed by atoms with van der Waals surface area (Å²) in [5.41, 5.74) is 2.43. The fraction of sp³-hybridized carbons (Fsp3) is 0.462. The van der Waals surface area contributed by atoms with Crippen molar-refractivity contribution < 1.29 is 0 Å². The number of hydrogen-bond acceptors (Lipinski definition) is 5. The highest BCUT2D eigenvalue weighted by Gasteiger charge is 2.23. The molecule has 1 heterocycles. The molecule has 1 aliphatic rings. The van der Waals surface area contributed by atoms with E-state index in [0.717, 1.165) is 42.1 Å².